The highest BCUT2D eigenvalue weighted by molar-refractivity contribution is 5.81. The highest BCUT2D eigenvalue weighted by Gasteiger charge is 2.25. The maximum absolute atomic E-state index is 11.8. The van der Waals surface area contributed by atoms with E-state index >= 15 is 0 Å². The molecule has 1 fully saturated rings. The van der Waals surface area contributed by atoms with E-state index in [4.69, 9.17) is 11.2 Å². The largest absolute Gasteiger partial charge is 0.366 e. The Morgan fingerprint density at radius 2 is 2.57 bits per heavy atom. The first kappa shape index (κ1) is 11.0. The van der Waals surface area contributed by atoms with E-state index in [9.17, 15) is 4.79 Å². The van der Waals surface area contributed by atoms with Gasteiger partial charge in [-0.05, 0) is 6.92 Å². The third-order valence-electron chi connectivity index (χ3n) is 2.18. The first-order chi connectivity index (χ1) is 6.79. The summed E-state index contributed by atoms with van der Waals surface area (Å²) in [5.74, 6) is 2.45. The van der Waals surface area contributed by atoms with E-state index in [0.29, 0.717) is 26.2 Å². The van der Waals surface area contributed by atoms with Crippen molar-refractivity contribution in [2.24, 2.45) is 0 Å². The lowest BCUT2D eigenvalue weighted by Gasteiger charge is -2.27. The maximum Gasteiger partial charge on any atom is 0.253 e. The molecular weight excluding hydrogens is 180 g/mol. The Kier molecular flexibility index (Phi) is 4.44. The number of hydrogen-bond donors (Lipinski definition) is 1. The van der Waals surface area contributed by atoms with E-state index in [1.54, 1.807) is 4.90 Å². The summed E-state index contributed by atoms with van der Waals surface area (Å²) in [5, 5.41) is 3.11. The van der Waals surface area contributed by atoms with Crippen LogP contribution in [0.2, 0.25) is 0 Å². The predicted molar refractivity (Wildman–Crippen MR) is 53.7 cm³/mol. The van der Waals surface area contributed by atoms with Gasteiger partial charge in [0.2, 0.25) is 0 Å². The van der Waals surface area contributed by atoms with Gasteiger partial charge in [0.15, 0.2) is 0 Å². The highest BCUT2D eigenvalue weighted by atomic mass is 16.5. The van der Waals surface area contributed by atoms with Crippen LogP contribution in [-0.2, 0) is 9.53 Å². The van der Waals surface area contributed by atoms with Gasteiger partial charge >= 0.3 is 0 Å². The zero-order chi connectivity index (χ0) is 10.4. The van der Waals surface area contributed by atoms with Crippen LogP contribution in [0.3, 0.4) is 0 Å². The monoisotopic (exact) mass is 196 g/mol. The molecule has 1 amide bonds. The van der Waals surface area contributed by atoms with Gasteiger partial charge in [0.05, 0.1) is 13.2 Å². The molecule has 1 aliphatic rings. The van der Waals surface area contributed by atoms with E-state index in [-0.39, 0.29) is 12.0 Å². The lowest BCUT2D eigenvalue weighted by atomic mass is 10.2. The molecule has 0 radical (unpaired) electrons. The Morgan fingerprint density at radius 3 is 3.07 bits per heavy atom. The minimum Gasteiger partial charge on any atom is -0.366 e. The molecule has 1 rings (SSSR count). The lowest BCUT2D eigenvalue weighted by molar-refractivity contribution is -0.144. The summed E-state index contributed by atoms with van der Waals surface area (Å²) in [7, 11) is 0. The summed E-state index contributed by atoms with van der Waals surface area (Å²) in [6.45, 7) is 4.87. The second kappa shape index (κ2) is 5.63. The Morgan fingerprint density at radius 1 is 1.79 bits per heavy atom. The molecule has 0 aliphatic carbocycles. The minimum absolute atomic E-state index is 0.0161. The van der Waals surface area contributed by atoms with Crippen LogP contribution in [0, 0.1) is 12.3 Å². The van der Waals surface area contributed by atoms with Crippen molar-refractivity contribution in [1.29, 1.82) is 0 Å². The molecule has 0 aromatic heterocycles. The molecule has 1 unspecified atom stereocenters. The summed E-state index contributed by atoms with van der Waals surface area (Å²) in [6.07, 6.45) is 4.81. The fourth-order valence-corrected chi connectivity index (χ4v) is 1.38. The van der Waals surface area contributed by atoms with Gasteiger partial charge in [-0.2, -0.15) is 0 Å². The Bertz CT molecular complexity index is 229. The first-order valence-electron chi connectivity index (χ1n) is 4.84. The topological polar surface area (TPSA) is 41.6 Å². The third kappa shape index (κ3) is 2.72. The molecular formula is C10H16N2O2. The number of morpholine rings is 1. The van der Waals surface area contributed by atoms with Gasteiger partial charge in [-0.3, -0.25) is 4.79 Å². The maximum atomic E-state index is 11.8. The summed E-state index contributed by atoms with van der Waals surface area (Å²) < 4.78 is 5.35. The molecule has 4 nitrogen and oxygen atoms in total. The first-order valence-corrected chi connectivity index (χ1v) is 4.84. The Balaban J connectivity index is 2.48. The predicted octanol–water partition coefficient (Wildman–Crippen LogP) is -0.543. The second-order valence-corrected chi connectivity index (χ2v) is 3.12. The van der Waals surface area contributed by atoms with Crippen LogP contribution in [0.5, 0.6) is 0 Å². The van der Waals surface area contributed by atoms with Gasteiger partial charge in [0, 0.05) is 19.6 Å². The van der Waals surface area contributed by atoms with E-state index in [1.165, 1.54) is 0 Å². The van der Waals surface area contributed by atoms with E-state index < -0.39 is 0 Å². The van der Waals surface area contributed by atoms with Crippen LogP contribution in [0.25, 0.3) is 0 Å². The van der Waals surface area contributed by atoms with Gasteiger partial charge in [0.25, 0.3) is 5.91 Å². The molecule has 1 N–H and O–H groups in total. The van der Waals surface area contributed by atoms with Gasteiger partial charge in [-0.15, -0.1) is 6.42 Å². The van der Waals surface area contributed by atoms with Crippen LogP contribution in [0.15, 0.2) is 0 Å². The fourth-order valence-electron chi connectivity index (χ4n) is 1.38. The van der Waals surface area contributed by atoms with Crippen molar-refractivity contribution >= 4 is 5.91 Å². The molecule has 1 heterocycles. The molecule has 1 saturated heterocycles. The van der Waals surface area contributed by atoms with Crippen molar-refractivity contribution < 1.29 is 9.53 Å². The summed E-state index contributed by atoms with van der Waals surface area (Å²) in [4.78, 5) is 13.4. The van der Waals surface area contributed by atoms with E-state index in [1.807, 2.05) is 6.92 Å². The van der Waals surface area contributed by atoms with Crippen molar-refractivity contribution in [3.05, 3.63) is 0 Å². The minimum atomic E-state index is -0.364. The molecule has 78 valence electrons. The van der Waals surface area contributed by atoms with Crippen LogP contribution in [0.1, 0.15) is 6.92 Å². The molecule has 0 bridgehead atoms. The van der Waals surface area contributed by atoms with E-state index in [0.717, 1.165) is 6.54 Å². The smallest absolute Gasteiger partial charge is 0.253 e. The van der Waals surface area contributed by atoms with Crippen LogP contribution < -0.4 is 5.32 Å². The van der Waals surface area contributed by atoms with Gasteiger partial charge in [-0.25, -0.2) is 0 Å². The average molecular weight is 196 g/mol. The molecule has 14 heavy (non-hydrogen) atoms. The number of amides is 1. The van der Waals surface area contributed by atoms with Crippen molar-refractivity contribution in [2.75, 3.05) is 32.8 Å². The molecule has 1 atom stereocenters. The van der Waals surface area contributed by atoms with Crippen molar-refractivity contribution in [1.82, 2.24) is 10.2 Å². The average Bonchev–Trinajstić information content (AvgIpc) is 2.26. The second-order valence-electron chi connectivity index (χ2n) is 3.12. The zero-order valence-electron chi connectivity index (χ0n) is 8.45. The molecule has 1 aliphatic heterocycles. The zero-order valence-corrected chi connectivity index (χ0v) is 8.45. The lowest BCUT2D eigenvalue weighted by Crippen LogP contribution is -2.49. The number of nitrogens with one attached hydrogen (secondary N) is 1. The molecule has 0 spiro atoms. The summed E-state index contributed by atoms with van der Waals surface area (Å²) in [6, 6.07) is 0. The number of rotatable bonds is 3. The number of nitrogens with zero attached hydrogens (tertiary/aromatic N) is 1. The van der Waals surface area contributed by atoms with Crippen molar-refractivity contribution in [3.63, 3.8) is 0 Å². The number of terminal acetylenes is 1. The van der Waals surface area contributed by atoms with Crippen LogP contribution in [0.4, 0.5) is 0 Å². The molecule has 0 aromatic carbocycles. The Hall–Kier alpha value is -1.05. The standard InChI is InChI=1S/C10H16N2O2/c1-3-6-12(4-2)10(13)9-8-11-5-7-14-9/h1,9,11H,4-8H2,2H3. The number of carbonyl (C=O) groups excluding carboxylic acids is 1. The van der Waals surface area contributed by atoms with Gasteiger partial charge in [0.1, 0.15) is 6.10 Å². The number of hydrogen-bond acceptors (Lipinski definition) is 3. The summed E-state index contributed by atoms with van der Waals surface area (Å²) in [5.41, 5.74) is 0. The third-order valence-corrected chi connectivity index (χ3v) is 2.18. The van der Waals surface area contributed by atoms with Crippen molar-refractivity contribution in [3.8, 4) is 12.3 Å². The van der Waals surface area contributed by atoms with Crippen LogP contribution in [-0.4, -0.2) is 49.7 Å². The highest BCUT2D eigenvalue weighted by Crippen LogP contribution is 2.01. The molecule has 0 saturated carbocycles. The SMILES string of the molecule is C#CCN(CC)C(=O)C1CNCCO1. The number of carbonyl (C=O) groups is 1. The number of ether oxygens (including phenoxy) is 1. The Labute approximate surface area is 84.6 Å². The quantitative estimate of drug-likeness (QED) is 0.616. The van der Waals surface area contributed by atoms with Crippen molar-refractivity contribution in [2.45, 2.75) is 13.0 Å². The summed E-state index contributed by atoms with van der Waals surface area (Å²) >= 11 is 0. The number of likely N-dealkylation sites (N-methyl/N-ethyl adjacent to an activating group) is 1. The molecule has 0 aromatic rings. The van der Waals surface area contributed by atoms with E-state index in [2.05, 4.69) is 11.2 Å². The van der Waals surface area contributed by atoms with Gasteiger partial charge in [-0.1, -0.05) is 5.92 Å². The van der Waals surface area contributed by atoms with Crippen LogP contribution >= 0.6 is 0 Å². The van der Waals surface area contributed by atoms with Gasteiger partial charge < -0.3 is 15.0 Å². The normalized spacial score (nSPS) is 21.3. The molecule has 4 heteroatoms. The fraction of sp³-hybridized carbons (Fsp3) is 0.700.